The average Bonchev–Trinajstić information content (AvgIpc) is 2.61. The minimum atomic E-state index is -0.846. The highest BCUT2D eigenvalue weighted by Crippen LogP contribution is 2.06. The van der Waals surface area contributed by atoms with Gasteiger partial charge in [0.25, 0.3) is 0 Å². The number of benzene rings is 1. The fraction of sp³-hybridized carbons (Fsp3) is 0.450. The van der Waals surface area contributed by atoms with Crippen LogP contribution < -0.4 is 16.4 Å². The molecule has 1 rings (SSSR count). The summed E-state index contributed by atoms with van der Waals surface area (Å²) >= 11 is 0. The van der Waals surface area contributed by atoms with Crippen LogP contribution >= 0.6 is 0 Å². The number of rotatable bonds is 9. The lowest BCUT2D eigenvalue weighted by molar-refractivity contribution is -0.129. The van der Waals surface area contributed by atoms with E-state index in [1.807, 2.05) is 50.3 Å². The first-order valence-corrected chi connectivity index (χ1v) is 8.91. The van der Waals surface area contributed by atoms with Crippen LogP contribution in [0.5, 0.6) is 0 Å². The Morgan fingerprint density at radius 2 is 1.74 bits per heavy atom. The highest BCUT2D eigenvalue weighted by molar-refractivity contribution is 5.90. The van der Waals surface area contributed by atoms with Gasteiger partial charge in [0.15, 0.2) is 0 Å². The van der Waals surface area contributed by atoms with E-state index >= 15 is 0 Å². The van der Waals surface area contributed by atoms with Crippen molar-refractivity contribution in [2.24, 2.45) is 11.7 Å². The molecular weight excluding hydrogens is 346 g/mol. The number of hydrogen-bond acceptors (Lipinski definition) is 4. The standard InChI is InChI=1S/C20H29N3O4/c1-13(2)10-11-16(18(21)24)22-19(25)17(14(3)4)23-20(26)27-12-15-8-6-5-7-9-15/h5-10,14,16-17H,11-12H2,1-4H3,(H2,21,24)(H,22,25)(H,23,26)/t16-,17+/m0/s1. The van der Waals surface area contributed by atoms with E-state index in [4.69, 9.17) is 10.5 Å². The molecule has 0 aliphatic carbocycles. The van der Waals surface area contributed by atoms with E-state index in [1.54, 1.807) is 13.8 Å². The Morgan fingerprint density at radius 3 is 2.26 bits per heavy atom. The maximum atomic E-state index is 12.5. The average molecular weight is 375 g/mol. The van der Waals surface area contributed by atoms with Gasteiger partial charge in [-0.1, -0.05) is 55.8 Å². The van der Waals surface area contributed by atoms with Crippen molar-refractivity contribution in [2.75, 3.05) is 0 Å². The SMILES string of the molecule is CC(C)=CC[C@H](NC(=O)[C@H](NC(=O)OCc1ccccc1)C(C)C)C(N)=O. The lowest BCUT2D eigenvalue weighted by Gasteiger charge is -2.23. The first-order chi connectivity index (χ1) is 12.7. The van der Waals surface area contributed by atoms with Crippen molar-refractivity contribution in [2.45, 2.75) is 52.8 Å². The molecule has 0 fully saturated rings. The number of carbonyl (C=O) groups excluding carboxylic acids is 3. The Hall–Kier alpha value is -2.83. The van der Waals surface area contributed by atoms with Gasteiger partial charge in [0.1, 0.15) is 18.7 Å². The van der Waals surface area contributed by atoms with Gasteiger partial charge >= 0.3 is 6.09 Å². The topological polar surface area (TPSA) is 111 Å². The van der Waals surface area contributed by atoms with Gasteiger partial charge in [-0.2, -0.15) is 0 Å². The summed E-state index contributed by atoms with van der Waals surface area (Å²) in [6.45, 7) is 7.46. The fourth-order valence-corrected chi connectivity index (χ4v) is 2.29. The van der Waals surface area contributed by atoms with Gasteiger partial charge in [0, 0.05) is 0 Å². The number of carbonyl (C=O) groups is 3. The molecule has 0 aliphatic heterocycles. The molecule has 0 radical (unpaired) electrons. The summed E-state index contributed by atoms with van der Waals surface area (Å²) in [5.74, 6) is -1.31. The van der Waals surface area contributed by atoms with Crippen LogP contribution in [0, 0.1) is 5.92 Å². The third-order valence-electron chi connectivity index (χ3n) is 3.86. The van der Waals surface area contributed by atoms with Crippen molar-refractivity contribution in [3.63, 3.8) is 0 Å². The molecule has 0 aromatic heterocycles. The summed E-state index contributed by atoms with van der Waals surface area (Å²) in [7, 11) is 0. The number of primary amides is 1. The van der Waals surface area contributed by atoms with Gasteiger partial charge in [-0.25, -0.2) is 4.79 Å². The molecule has 0 bridgehead atoms. The molecule has 1 aromatic carbocycles. The van der Waals surface area contributed by atoms with Crippen molar-refractivity contribution in [1.29, 1.82) is 0 Å². The number of ether oxygens (including phenoxy) is 1. The van der Waals surface area contributed by atoms with Crippen LogP contribution in [0.3, 0.4) is 0 Å². The maximum Gasteiger partial charge on any atom is 0.408 e. The number of alkyl carbamates (subject to hydrolysis) is 1. The van der Waals surface area contributed by atoms with E-state index < -0.39 is 30.0 Å². The molecule has 0 heterocycles. The molecule has 0 unspecified atom stereocenters. The van der Waals surface area contributed by atoms with E-state index in [0.717, 1.165) is 11.1 Å². The van der Waals surface area contributed by atoms with Crippen LogP contribution in [0.25, 0.3) is 0 Å². The molecule has 3 amide bonds. The zero-order chi connectivity index (χ0) is 20.4. The number of amides is 3. The van der Waals surface area contributed by atoms with Crippen LogP contribution in [0.4, 0.5) is 4.79 Å². The van der Waals surface area contributed by atoms with Gasteiger partial charge in [0.05, 0.1) is 0 Å². The monoisotopic (exact) mass is 375 g/mol. The Kier molecular flexibility index (Phi) is 9.05. The normalized spacial score (nSPS) is 12.6. The Bertz CT molecular complexity index is 667. The second-order valence-corrected chi connectivity index (χ2v) is 6.91. The van der Waals surface area contributed by atoms with Gasteiger partial charge in [-0.05, 0) is 31.7 Å². The first-order valence-electron chi connectivity index (χ1n) is 8.91. The van der Waals surface area contributed by atoms with Crippen LogP contribution in [0.2, 0.25) is 0 Å². The number of nitrogens with two attached hydrogens (primary N) is 1. The predicted octanol–water partition coefficient (Wildman–Crippen LogP) is 2.26. The second kappa shape index (κ2) is 11.0. The molecule has 0 saturated heterocycles. The number of nitrogens with one attached hydrogen (secondary N) is 2. The molecule has 0 aliphatic rings. The third-order valence-corrected chi connectivity index (χ3v) is 3.86. The van der Waals surface area contributed by atoms with E-state index in [-0.39, 0.29) is 12.5 Å². The molecule has 27 heavy (non-hydrogen) atoms. The van der Waals surface area contributed by atoms with Crippen LogP contribution in [0.1, 0.15) is 39.7 Å². The summed E-state index contributed by atoms with van der Waals surface area (Å²) in [4.78, 5) is 36.2. The van der Waals surface area contributed by atoms with Crippen LogP contribution in [0.15, 0.2) is 42.0 Å². The smallest absolute Gasteiger partial charge is 0.408 e. The molecule has 148 valence electrons. The zero-order valence-corrected chi connectivity index (χ0v) is 16.3. The van der Waals surface area contributed by atoms with Crippen LogP contribution in [-0.2, 0) is 20.9 Å². The van der Waals surface area contributed by atoms with E-state index in [9.17, 15) is 14.4 Å². The Morgan fingerprint density at radius 1 is 1.11 bits per heavy atom. The number of allylic oxidation sites excluding steroid dienone is 1. The molecule has 7 nitrogen and oxygen atoms in total. The minimum Gasteiger partial charge on any atom is -0.445 e. The Labute approximate surface area is 160 Å². The minimum absolute atomic E-state index is 0.101. The largest absolute Gasteiger partial charge is 0.445 e. The van der Waals surface area contributed by atoms with Gasteiger partial charge in [0.2, 0.25) is 11.8 Å². The van der Waals surface area contributed by atoms with Gasteiger partial charge in [-0.3, -0.25) is 9.59 Å². The highest BCUT2D eigenvalue weighted by Gasteiger charge is 2.28. The van der Waals surface area contributed by atoms with Crippen molar-refractivity contribution in [1.82, 2.24) is 10.6 Å². The summed E-state index contributed by atoms with van der Waals surface area (Å²) in [5, 5.41) is 5.16. The predicted molar refractivity (Wildman–Crippen MR) is 104 cm³/mol. The second-order valence-electron chi connectivity index (χ2n) is 6.91. The van der Waals surface area contributed by atoms with E-state index in [1.165, 1.54) is 0 Å². The summed E-state index contributed by atoms with van der Waals surface area (Å²) in [6, 6.07) is 7.54. The third kappa shape index (κ3) is 8.40. The molecular formula is C20H29N3O4. The van der Waals surface area contributed by atoms with E-state index in [0.29, 0.717) is 6.42 Å². The Balaban J connectivity index is 2.67. The maximum absolute atomic E-state index is 12.5. The number of hydrogen-bond donors (Lipinski definition) is 3. The van der Waals surface area contributed by atoms with Gasteiger partial charge < -0.3 is 21.1 Å². The van der Waals surface area contributed by atoms with Gasteiger partial charge in [-0.15, -0.1) is 0 Å². The lowest BCUT2D eigenvalue weighted by Crippen LogP contribution is -2.54. The molecule has 0 saturated carbocycles. The van der Waals surface area contributed by atoms with Crippen molar-refractivity contribution >= 4 is 17.9 Å². The van der Waals surface area contributed by atoms with E-state index in [2.05, 4.69) is 10.6 Å². The summed E-state index contributed by atoms with van der Waals surface area (Å²) < 4.78 is 5.16. The molecule has 1 aromatic rings. The summed E-state index contributed by atoms with van der Waals surface area (Å²) in [6.07, 6.45) is 1.42. The van der Waals surface area contributed by atoms with Crippen molar-refractivity contribution < 1.29 is 19.1 Å². The van der Waals surface area contributed by atoms with Crippen LogP contribution in [-0.4, -0.2) is 30.0 Å². The molecule has 4 N–H and O–H groups in total. The molecule has 2 atom stereocenters. The van der Waals surface area contributed by atoms with Crippen molar-refractivity contribution in [3.05, 3.63) is 47.5 Å². The summed E-state index contributed by atoms with van der Waals surface area (Å²) in [5.41, 5.74) is 7.22. The quantitative estimate of drug-likeness (QED) is 0.575. The first kappa shape index (κ1) is 22.2. The molecule has 0 spiro atoms. The fourth-order valence-electron chi connectivity index (χ4n) is 2.29. The van der Waals surface area contributed by atoms with Crippen molar-refractivity contribution in [3.8, 4) is 0 Å². The lowest BCUT2D eigenvalue weighted by atomic mass is 10.0. The zero-order valence-electron chi connectivity index (χ0n) is 16.3. The molecule has 7 heteroatoms. The highest BCUT2D eigenvalue weighted by atomic mass is 16.5.